The molecule has 2 nitrogen and oxygen atoms in total. The molecule has 0 aliphatic carbocycles. The molecule has 0 aliphatic heterocycles. The number of carbonyl (C=O) groups excluding carboxylic acids is 1. The molecule has 2 unspecified atom stereocenters. The zero-order valence-electron chi connectivity index (χ0n) is 10.0. The van der Waals surface area contributed by atoms with E-state index < -0.39 is 11.9 Å². The molecule has 94 valence electrons. The van der Waals surface area contributed by atoms with Crippen LogP contribution in [0.3, 0.4) is 0 Å². The van der Waals surface area contributed by atoms with Gasteiger partial charge in [0.2, 0.25) is 0 Å². The number of rotatable bonds is 5. The lowest BCUT2D eigenvalue weighted by molar-refractivity contribution is -0.120. The quantitative estimate of drug-likeness (QED) is 0.881. The molecule has 0 aromatic heterocycles. The minimum Gasteiger partial charge on any atom is -0.321 e. The second kappa shape index (κ2) is 6.12. The van der Waals surface area contributed by atoms with E-state index >= 15 is 0 Å². The number of Topliss-reactive ketones (excluding diaryl/α,β-unsaturated/α-hetero) is 1. The van der Waals surface area contributed by atoms with E-state index in [0.717, 1.165) is 6.42 Å². The van der Waals surface area contributed by atoms with Gasteiger partial charge in [0, 0.05) is 11.4 Å². The topological polar surface area (TPSA) is 43.1 Å². The standard InChI is InChI=1S/C13H17ClFNO/c1-3-8(2)13(16)12(17)7-9-6-10(14)4-5-11(9)15/h4-6,8,13H,3,7,16H2,1-2H3. The van der Waals surface area contributed by atoms with Crippen LogP contribution in [0.5, 0.6) is 0 Å². The van der Waals surface area contributed by atoms with Gasteiger partial charge in [-0.2, -0.15) is 0 Å². The summed E-state index contributed by atoms with van der Waals surface area (Å²) in [6.45, 7) is 3.88. The number of benzene rings is 1. The van der Waals surface area contributed by atoms with Crippen LogP contribution in [0.4, 0.5) is 4.39 Å². The average molecular weight is 258 g/mol. The van der Waals surface area contributed by atoms with Gasteiger partial charge < -0.3 is 5.73 Å². The first-order chi connectivity index (χ1) is 7.95. The molecular formula is C13H17ClFNO. The minimum absolute atomic E-state index is 0.00208. The fourth-order valence-electron chi connectivity index (χ4n) is 1.56. The molecule has 0 spiro atoms. The van der Waals surface area contributed by atoms with Gasteiger partial charge >= 0.3 is 0 Å². The third-order valence-corrected chi connectivity index (χ3v) is 3.24. The molecule has 0 saturated heterocycles. The van der Waals surface area contributed by atoms with Crippen LogP contribution >= 0.6 is 11.6 Å². The Hall–Kier alpha value is -0.930. The lowest BCUT2D eigenvalue weighted by Gasteiger charge is -2.17. The number of halogens is 2. The Labute approximate surface area is 106 Å². The molecule has 0 aliphatic rings. The smallest absolute Gasteiger partial charge is 0.154 e. The highest BCUT2D eigenvalue weighted by molar-refractivity contribution is 6.30. The number of nitrogens with two attached hydrogens (primary N) is 1. The fraction of sp³-hybridized carbons (Fsp3) is 0.462. The zero-order valence-corrected chi connectivity index (χ0v) is 10.8. The number of hydrogen-bond acceptors (Lipinski definition) is 2. The fourth-order valence-corrected chi connectivity index (χ4v) is 1.75. The van der Waals surface area contributed by atoms with Gasteiger partial charge in [-0.05, 0) is 29.7 Å². The van der Waals surface area contributed by atoms with Gasteiger partial charge in [0.15, 0.2) is 5.78 Å². The molecule has 0 saturated carbocycles. The van der Waals surface area contributed by atoms with Crippen molar-refractivity contribution in [1.29, 1.82) is 0 Å². The average Bonchev–Trinajstić information content (AvgIpc) is 2.31. The summed E-state index contributed by atoms with van der Waals surface area (Å²) in [5, 5.41) is 0.423. The molecule has 1 rings (SSSR count). The third-order valence-electron chi connectivity index (χ3n) is 3.00. The number of hydrogen-bond donors (Lipinski definition) is 1. The first-order valence-corrected chi connectivity index (χ1v) is 6.05. The highest BCUT2D eigenvalue weighted by Gasteiger charge is 2.20. The molecule has 0 bridgehead atoms. The maximum atomic E-state index is 13.4. The van der Waals surface area contributed by atoms with Crippen LogP contribution in [-0.2, 0) is 11.2 Å². The zero-order chi connectivity index (χ0) is 13.0. The molecule has 2 N–H and O–H groups in total. The Morgan fingerprint density at radius 3 is 2.76 bits per heavy atom. The lowest BCUT2D eigenvalue weighted by Crippen LogP contribution is -2.37. The summed E-state index contributed by atoms with van der Waals surface area (Å²) in [7, 11) is 0. The second-order valence-electron chi connectivity index (χ2n) is 4.29. The number of ketones is 1. The van der Waals surface area contributed by atoms with Crippen LogP contribution in [0.2, 0.25) is 5.02 Å². The van der Waals surface area contributed by atoms with Crippen molar-refractivity contribution in [2.24, 2.45) is 11.7 Å². The van der Waals surface area contributed by atoms with E-state index in [1.165, 1.54) is 18.2 Å². The van der Waals surface area contributed by atoms with Crippen LogP contribution < -0.4 is 5.73 Å². The van der Waals surface area contributed by atoms with Crippen LogP contribution in [-0.4, -0.2) is 11.8 Å². The normalized spacial score (nSPS) is 14.4. The Kier molecular flexibility index (Phi) is 5.09. The van der Waals surface area contributed by atoms with Gasteiger partial charge in [-0.15, -0.1) is 0 Å². The van der Waals surface area contributed by atoms with E-state index in [0.29, 0.717) is 10.6 Å². The number of carbonyl (C=O) groups is 1. The van der Waals surface area contributed by atoms with Crippen molar-refractivity contribution >= 4 is 17.4 Å². The SMILES string of the molecule is CCC(C)C(N)C(=O)Cc1cc(Cl)ccc1F. The summed E-state index contributed by atoms with van der Waals surface area (Å²) in [4.78, 5) is 11.8. The molecular weight excluding hydrogens is 241 g/mol. The summed E-state index contributed by atoms with van der Waals surface area (Å²) in [5.74, 6) is -0.468. The van der Waals surface area contributed by atoms with Crippen molar-refractivity contribution in [2.75, 3.05) is 0 Å². The van der Waals surface area contributed by atoms with Crippen LogP contribution in [0, 0.1) is 11.7 Å². The molecule has 0 amide bonds. The summed E-state index contributed by atoms with van der Waals surface area (Å²) in [5.41, 5.74) is 6.11. The second-order valence-corrected chi connectivity index (χ2v) is 4.73. The van der Waals surface area contributed by atoms with Gasteiger partial charge in [-0.25, -0.2) is 4.39 Å². The summed E-state index contributed by atoms with van der Waals surface area (Å²) in [6, 6.07) is 3.65. The van der Waals surface area contributed by atoms with Gasteiger partial charge in [0.1, 0.15) is 5.82 Å². The van der Waals surface area contributed by atoms with E-state index in [1.54, 1.807) is 0 Å². The van der Waals surface area contributed by atoms with Gasteiger partial charge in [0.05, 0.1) is 6.04 Å². The van der Waals surface area contributed by atoms with Crippen molar-refractivity contribution in [3.05, 3.63) is 34.6 Å². The van der Waals surface area contributed by atoms with Gasteiger partial charge in [-0.3, -0.25) is 4.79 Å². The molecule has 0 heterocycles. The maximum Gasteiger partial charge on any atom is 0.154 e. The Morgan fingerprint density at radius 1 is 1.53 bits per heavy atom. The van der Waals surface area contributed by atoms with Gasteiger partial charge in [-0.1, -0.05) is 31.9 Å². The van der Waals surface area contributed by atoms with Gasteiger partial charge in [0.25, 0.3) is 0 Å². The Morgan fingerprint density at radius 2 is 2.18 bits per heavy atom. The molecule has 1 aromatic rings. The van der Waals surface area contributed by atoms with E-state index in [1.807, 2.05) is 13.8 Å². The van der Waals surface area contributed by atoms with E-state index in [-0.39, 0.29) is 18.1 Å². The summed E-state index contributed by atoms with van der Waals surface area (Å²) in [6.07, 6.45) is 0.822. The highest BCUT2D eigenvalue weighted by Crippen LogP contribution is 2.17. The third kappa shape index (κ3) is 3.79. The van der Waals surface area contributed by atoms with E-state index in [2.05, 4.69) is 0 Å². The maximum absolute atomic E-state index is 13.4. The Balaban J connectivity index is 2.77. The minimum atomic E-state index is -0.543. The molecule has 2 atom stereocenters. The Bertz CT molecular complexity index is 408. The summed E-state index contributed by atoms with van der Waals surface area (Å²) < 4.78 is 13.4. The largest absolute Gasteiger partial charge is 0.321 e. The van der Waals surface area contributed by atoms with Crippen LogP contribution in [0.15, 0.2) is 18.2 Å². The molecule has 17 heavy (non-hydrogen) atoms. The summed E-state index contributed by atoms with van der Waals surface area (Å²) >= 11 is 5.76. The van der Waals surface area contributed by atoms with Crippen molar-refractivity contribution in [3.63, 3.8) is 0 Å². The first-order valence-electron chi connectivity index (χ1n) is 5.68. The van der Waals surface area contributed by atoms with E-state index in [4.69, 9.17) is 17.3 Å². The van der Waals surface area contributed by atoms with Crippen molar-refractivity contribution < 1.29 is 9.18 Å². The first kappa shape index (κ1) is 14.1. The van der Waals surface area contributed by atoms with Crippen molar-refractivity contribution in [2.45, 2.75) is 32.7 Å². The molecule has 0 fully saturated rings. The predicted octanol–water partition coefficient (Wildman–Crippen LogP) is 2.96. The molecule has 4 heteroatoms. The van der Waals surface area contributed by atoms with Crippen molar-refractivity contribution in [1.82, 2.24) is 0 Å². The monoisotopic (exact) mass is 257 g/mol. The lowest BCUT2D eigenvalue weighted by atomic mass is 9.93. The highest BCUT2D eigenvalue weighted by atomic mass is 35.5. The molecule has 0 radical (unpaired) electrons. The van der Waals surface area contributed by atoms with Crippen LogP contribution in [0.1, 0.15) is 25.8 Å². The van der Waals surface area contributed by atoms with Crippen LogP contribution in [0.25, 0.3) is 0 Å². The van der Waals surface area contributed by atoms with E-state index in [9.17, 15) is 9.18 Å². The predicted molar refractivity (Wildman–Crippen MR) is 67.6 cm³/mol. The molecule has 1 aromatic carbocycles. The van der Waals surface area contributed by atoms with Crippen molar-refractivity contribution in [3.8, 4) is 0 Å².